The SMILES string of the molecule is CC(c1ccccc1)N(CCNS(=O)(=O)c1ccccc1)S(C)(=O)=O. The molecule has 1 atom stereocenters. The average molecular weight is 383 g/mol. The molecule has 1 unspecified atom stereocenters. The van der Waals surface area contributed by atoms with Crippen LogP contribution in [0.5, 0.6) is 0 Å². The van der Waals surface area contributed by atoms with Gasteiger partial charge in [-0.2, -0.15) is 4.31 Å². The summed E-state index contributed by atoms with van der Waals surface area (Å²) < 4.78 is 52.4. The van der Waals surface area contributed by atoms with Gasteiger partial charge in [-0.15, -0.1) is 0 Å². The summed E-state index contributed by atoms with van der Waals surface area (Å²) in [6.07, 6.45) is 1.12. The third-order valence-corrected chi connectivity index (χ3v) is 6.65. The molecule has 1 N–H and O–H groups in total. The Labute approximate surface area is 149 Å². The molecule has 0 saturated heterocycles. The molecule has 0 aliphatic carbocycles. The molecule has 0 aliphatic rings. The molecule has 0 spiro atoms. The van der Waals surface area contributed by atoms with Crippen LogP contribution in [-0.2, 0) is 20.0 Å². The highest BCUT2D eigenvalue weighted by Gasteiger charge is 2.25. The van der Waals surface area contributed by atoms with Crippen molar-refractivity contribution in [2.45, 2.75) is 17.9 Å². The second-order valence-corrected chi connectivity index (χ2v) is 9.37. The van der Waals surface area contributed by atoms with Gasteiger partial charge in [0.1, 0.15) is 0 Å². The lowest BCUT2D eigenvalue weighted by Gasteiger charge is -2.27. The van der Waals surface area contributed by atoms with E-state index in [9.17, 15) is 16.8 Å². The van der Waals surface area contributed by atoms with Crippen LogP contribution >= 0.6 is 0 Å². The fourth-order valence-corrected chi connectivity index (χ4v) is 4.68. The maximum atomic E-state index is 12.2. The topological polar surface area (TPSA) is 83.6 Å². The van der Waals surface area contributed by atoms with E-state index in [-0.39, 0.29) is 18.0 Å². The molecule has 0 aromatic heterocycles. The Kier molecular flexibility index (Phi) is 6.34. The zero-order valence-electron chi connectivity index (χ0n) is 14.2. The molecule has 25 heavy (non-hydrogen) atoms. The maximum Gasteiger partial charge on any atom is 0.240 e. The molecule has 2 aromatic carbocycles. The highest BCUT2D eigenvalue weighted by Crippen LogP contribution is 2.22. The van der Waals surface area contributed by atoms with Crippen molar-refractivity contribution >= 4 is 20.0 Å². The van der Waals surface area contributed by atoms with Crippen LogP contribution in [0.3, 0.4) is 0 Å². The summed E-state index contributed by atoms with van der Waals surface area (Å²) >= 11 is 0. The highest BCUT2D eigenvalue weighted by molar-refractivity contribution is 7.89. The second kappa shape index (κ2) is 8.09. The monoisotopic (exact) mass is 382 g/mol. The van der Waals surface area contributed by atoms with E-state index in [1.165, 1.54) is 16.4 Å². The zero-order chi connectivity index (χ0) is 18.5. The molecule has 8 heteroatoms. The van der Waals surface area contributed by atoms with Crippen LogP contribution in [0.15, 0.2) is 65.6 Å². The molecule has 136 valence electrons. The van der Waals surface area contributed by atoms with Gasteiger partial charge in [0.15, 0.2) is 0 Å². The first-order valence-corrected chi connectivity index (χ1v) is 11.1. The third-order valence-electron chi connectivity index (χ3n) is 3.82. The number of sulfonamides is 2. The van der Waals surface area contributed by atoms with E-state index in [4.69, 9.17) is 0 Å². The van der Waals surface area contributed by atoms with E-state index in [0.717, 1.165) is 11.8 Å². The van der Waals surface area contributed by atoms with E-state index >= 15 is 0 Å². The minimum Gasteiger partial charge on any atom is -0.212 e. The van der Waals surface area contributed by atoms with Crippen molar-refractivity contribution in [3.63, 3.8) is 0 Å². The zero-order valence-corrected chi connectivity index (χ0v) is 15.8. The van der Waals surface area contributed by atoms with E-state index in [0.29, 0.717) is 0 Å². The van der Waals surface area contributed by atoms with Crippen LogP contribution in [0.1, 0.15) is 18.5 Å². The Hall–Kier alpha value is -1.74. The average Bonchev–Trinajstić information content (AvgIpc) is 2.59. The number of benzene rings is 2. The van der Waals surface area contributed by atoms with Crippen LogP contribution in [-0.4, -0.2) is 40.5 Å². The fourth-order valence-electron chi connectivity index (χ4n) is 2.52. The predicted molar refractivity (Wildman–Crippen MR) is 98.0 cm³/mol. The molecular formula is C17H22N2O4S2. The molecule has 2 rings (SSSR count). The fraction of sp³-hybridized carbons (Fsp3) is 0.294. The van der Waals surface area contributed by atoms with Crippen molar-refractivity contribution in [2.24, 2.45) is 0 Å². The molecule has 0 aliphatic heterocycles. The number of rotatable bonds is 8. The standard InChI is InChI=1S/C17H22N2O4S2/c1-15(16-9-5-3-6-10-16)19(24(2,20)21)14-13-18-25(22,23)17-11-7-4-8-12-17/h3-12,15,18H,13-14H2,1-2H3. The number of nitrogens with one attached hydrogen (secondary N) is 1. The Morgan fingerprint density at radius 3 is 1.96 bits per heavy atom. The van der Waals surface area contributed by atoms with Gasteiger partial charge in [0.05, 0.1) is 11.2 Å². The van der Waals surface area contributed by atoms with Crippen molar-refractivity contribution < 1.29 is 16.8 Å². The molecule has 6 nitrogen and oxygen atoms in total. The van der Waals surface area contributed by atoms with Gasteiger partial charge in [-0.3, -0.25) is 0 Å². The molecule has 0 radical (unpaired) electrons. The van der Waals surface area contributed by atoms with Gasteiger partial charge in [-0.1, -0.05) is 48.5 Å². The van der Waals surface area contributed by atoms with Crippen molar-refractivity contribution in [1.82, 2.24) is 9.03 Å². The van der Waals surface area contributed by atoms with Crippen LogP contribution in [0.4, 0.5) is 0 Å². The number of nitrogens with zero attached hydrogens (tertiary/aromatic N) is 1. The lowest BCUT2D eigenvalue weighted by Crippen LogP contribution is -2.39. The van der Waals surface area contributed by atoms with Crippen molar-refractivity contribution in [3.05, 3.63) is 66.2 Å². The summed E-state index contributed by atoms with van der Waals surface area (Å²) in [7, 11) is -7.16. The maximum absolute atomic E-state index is 12.2. The molecule has 0 saturated carbocycles. The summed E-state index contributed by atoms with van der Waals surface area (Å²) in [5.41, 5.74) is 0.846. The molecule has 2 aromatic rings. The highest BCUT2D eigenvalue weighted by atomic mass is 32.2. The largest absolute Gasteiger partial charge is 0.240 e. The predicted octanol–water partition coefficient (Wildman–Crippen LogP) is 1.99. The molecular weight excluding hydrogens is 360 g/mol. The summed E-state index contributed by atoms with van der Waals surface area (Å²) in [5, 5.41) is 0. The Morgan fingerprint density at radius 2 is 1.44 bits per heavy atom. The van der Waals surface area contributed by atoms with Crippen LogP contribution < -0.4 is 4.72 Å². The minimum absolute atomic E-state index is 0.0124. The third kappa shape index (κ3) is 5.37. The van der Waals surface area contributed by atoms with Gasteiger partial charge in [-0.05, 0) is 24.6 Å². The van der Waals surface area contributed by atoms with Crippen molar-refractivity contribution in [1.29, 1.82) is 0 Å². The molecule has 0 amide bonds. The van der Waals surface area contributed by atoms with Gasteiger partial charge in [0, 0.05) is 19.1 Å². The van der Waals surface area contributed by atoms with Crippen molar-refractivity contribution in [3.8, 4) is 0 Å². The van der Waals surface area contributed by atoms with E-state index in [1.54, 1.807) is 25.1 Å². The van der Waals surface area contributed by atoms with E-state index in [1.807, 2.05) is 30.3 Å². The van der Waals surface area contributed by atoms with Gasteiger partial charge < -0.3 is 0 Å². The normalized spacial score (nSPS) is 13.7. The number of hydrogen-bond donors (Lipinski definition) is 1. The van der Waals surface area contributed by atoms with E-state index in [2.05, 4.69) is 4.72 Å². The van der Waals surface area contributed by atoms with Gasteiger partial charge in [0.25, 0.3) is 0 Å². The van der Waals surface area contributed by atoms with Gasteiger partial charge in [-0.25, -0.2) is 21.6 Å². The van der Waals surface area contributed by atoms with Gasteiger partial charge >= 0.3 is 0 Å². The first kappa shape index (κ1) is 19.6. The molecule has 0 heterocycles. The summed E-state index contributed by atoms with van der Waals surface area (Å²) in [4.78, 5) is 0.150. The lowest BCUT2D eigenvalue weighted by molar-refractivity contribution is 0.348. The van der Waals surface area contributed by atoms with Crippen LogP contribution in [0.2, 0.25) is 0 Å². The van der Waals surface area contributed by atoms with E-state index < -0.39 is 26.1 Å². The van der Waals surface area contributed by atoms with Crippen molar-refractivity contribution in [2.75, 3.05) is 19.3 Å². The summed E-state index contributed by atoms with van der Waals surface area (Å²) in [6.45, 7) is 1.81. The Balaban J connectivity index is 2.09. The number of hydrogen-bond acceptors (Lipinski definition) is 4. The Bertz CT molecular complexity index is 883. The van der Waals surface area contributed by atoms with Gasteiger partial charge in [0.2, 0.25) is 20.0 Å². The minimum atomic E-state index is -3.66. The molecule has 0 fully saturated rings. The smallest absolute Gasteiger partial charge is 0.212 e. The summed E-state index contributed by atoms with van der Waals surface area (Å²) in [6, 6.07) is 16.8. The summed E-state index contributed by atoms with van der Waals surface area (Å²) in [5.74, 6) is 0. The first-order valence-electron chi connectivity index (χ1n) is 7.78. The quantitative estimate of drug-likeness (QED) is 0.757. The van der Waals surface area contributed by atoms with Crippen LogP contribution in [0.25, 0.3) is 0 Å². The Morgan fingerprint density at radius 1 is 0.920 bits per heavy atom. The molecule has 0 bridgehead atoms. The lowest BCUT2D eigenvalue weighted by atomic mass is 10.1. The second-order valence-electron chi connectivity index (χ2n) is 5.67. The first-order chi connectivity index (χ1) is 11.7. The van der Waals surface area contributed by atoms with Crippen LogP contribution in [0, 0.1) is 0 Å².